The van der Waals surface area contributed by atoms with Gasteiger partial charge in [0.25, 0.3) is 11.8 Å². The van der Waals surface area contributed by atoms with E-state index >= 15 is 0 Å². The van der Waals surface area contributed by atoms with Gasteiger partial charge in [-0.3, -0.25) is 14.4 Å². The van der Waals surface area contributed by atoms with Gasteiger partial charge in [-0.05, 0) is 30.2 Å². The summed E-state index contributed by atoms with van der Waals surface area (Å²) in [5, 5.41) is 10.2. The zero-order valence-corrected chi connectivity index (χ0v) is 19.9. The number of fused-ring (bicyclic) bond motifs is 2. The number of benzene rings is 4. The Morgan fingerprint density at radius 2 is 1.46 bits per heavy atom. The van der Waals surface area contributed by atoms with Crippen molar-refractivity contribution in [1.29, 1.82) is 0 Å². The van der Waals surface area contributed by atoms with Crippen LogP contribution < -0.4 is 14.4 Å². The summed E-state index contributed by atoms with van der Waals surface area (Å²) in [6.45, 7) is 2.18. The van der Waals surface area contributed by atoms with Crippen LogP contribution >= 0.6 is 0 Å². The van der Waals surface area contributed by atoms with Crippen molar-refractivity contribution in [1.82, 2.24) is 0 Å². The Morgan fingerprint density at radius 1 is 0.865 bits per heavy atom. The normalized spacial score (nSPS) is 12.6. The van der Waals surface area contributed by atoms with Crippen LogP contribution in [0.25, 0.3) is 10.8 Å². The maximum atomic E-state index is 14.7. The quantitative estimate of drug-likeness (QED) is 0.327. The molecule has 0 bridgehead atoms. The van der Waals surface area contributed by atoms with Crippen LogP contribution in [0.5, 0.6) is 11.5 Å². The molecule has 4 aromatic rings. The van der Waals surface area contributed by atoms with Crippen LogP contribution in [0.1, 0.15) is 38.8 Å². The molecule has 1 N–H and O–H groups in total. The number of ether oxygens (including phenoxy) is 2. The Morgan fingerprint density at radius 3 is 2.03 bits per heavy atom. The first kappa shape index (κ1) is 24.0. The van der Waals surface area contributed by atoms with Gasteiger partial charge >= 0.3 is 5.97 Å². The number of imide groups is 1. The maximum Gasteiger partial charge on any atom is 0.307 e. The summed E-state index contributed by atoms with van der Waals surface area (Å²) in [5.41, 5.74) is 0.888. The molecule has 37 heavy (non-hydrogen) atoms. The minimum absolute atomic E-state index is 0.0154. The number of carbonyl (C=O) groups is 3. The van der Waals surface area contributed by atoms with Gasteiger partial charge in [-0.1, -0.05) is 60.7 Å². The lowest BCUT2D eigenvalue weighted by Gasteiger charge is -2.16. The van der Waals surface area contributed by atoms with E-state index in [2.05, 4.69) is 0 Å². The molecule has 0 unspecified atom stereocenters. The predicted molar refractivity (Wildman–Crippen MR) is 135 cm³/mol. The fourth-order valence-electron chi connectivity index (χ4n) is 4.49. The number of rotatable bonds is 8. The van der Waals surface area contributed by atoms with E-state index in [0.29, 0.717) is 10.8 Å². The largest absolute Gasteiger partial charge is 0.492 e. The van der Waals surface area contributed by atoms with Crippen LogP contribution in [0.4, 0.5) is 10.1 Å². The monoisotopic (exact) mass is 499 g/mol. The van der Waals surface area contributed by atoms with Crippen molar-refractivity contribution in [3.8, 4) is 11.5 Å². The predicted octanol–water partition coefficient (Wildman–Crippen LogP) is 5.38. The summed E-state index contributed by atoms with van der Waals surface area (Å²) >= 11 is 0. The van der Waals surface area contributed by atoms with E-state index in [9.17, 15) is 18.8 Å². The summed E-state index contributed by atoms with van der Waals surface area (Å²) in [7, 11) is 0. The van der Waals surface area contributed by atoms with Crippen molar-refractivity contribution in [3.05, 3.63) is 101 Å². The van der Waals surface area contributed by atoms with Crippen molar-refractivity contribution < 1.29 is 33.4 Å². The SMILES string of the molecule is CCOc1c2c(c(OCc3ccccc3)c3ccccc13)C(=O)N(c1ccc(CC(=O)O)c(F)c1)C2=O. The third-order valence-corrected chi connectivity index (χ3v) is 6.11. The number of aliphatic carboxylic acids is 1. The van der Waals surface area contributed by atoms with E-state index < -0.39 is 30.0 Å². The number of carboxylic acids is 1. The number of halogens is 1. The van der Waals surface area contributed by atoms with Crippen molar-refractivity contribution in [2.75, 3.05) is 11.5 Å². The molecule has 8 heteroatoms. The molecule has 2 amide bonds. The van der Waals surface area contributed by atoms with Gasteiger partial charge in [0, 0.05) is 10.8 Å². The van der Waals surface area contributed by atoms with Crippen LogP contribution in [0, 0.1) is 5.82 Å². The topological polar surface area (TPSA) is 93.1 Å². The molecule has 0 aliphatic carbocycles. The second-order valence-electron chi connectivity index (χ2n) is 8.45. The minimum Gasteiger partial charge on any atom is -0.492 e. The van der Waals surface area contributed by atoms with E-state index in [-0.39, 0.29) is 47.1 Å². The molecular weight excluding hydrogens is 477 g/mol. The highest BCUT2D eigenvalue weighted by atomic mass is 19.1. The first-order valence-electron chi connectivity index (χ1n) is 11.7. The summed E-state index contributed by atoms with van der Waals surface area (Å²) < 4.78 is 26.8. The van der Waals surface area contributed by atoms with Crippen LogP contribution in [0.15, 0.2) is 72.8 Å². The lowest BCUT2D eigenvalue weighted by Crippen LogP contribution is -2.29. The van der Waals surface area contributed by atoms with Crippen LogP contribution in [-0.2, 0) is 17.8 Å². The van der Waals surface area contributed by atoms with Gasteiger partial charge in [-0.2, -0.15) is 0 Å². The summed E-state index contributed by atoms with van der Waals surface area (Å²) in [6.07, 6.45) is -0.522. The second kappa shape index (κ2) is 9.73. The van der Waals surface area contributed by atoms with E-state index in [0.717, 1.165) is 16.5 Å². The van der Waals surface area contributed by atoms with Crippen molar-refractivity contribution in [2.24, 2.45) is 0 Å². The van der Waals surface area contributed by atoms with Gasteiger partial charge in [-0.15, -0.1) is 0 Å². The fourth-order valence-corrected chi connectivity index (χ4v) is 4.49. The molecule has 5 rings (SSSR count). The minimum atomic E-state index is -1.19. The lowest BCUT2D eigenvalue weighted by atomic mass is 9.99. The van der Waals surface area contributed by atoms with Crippen molar-refractivity contribution in [3.63, 3.8) is 0 Å². The Labute approximate surface area is 211 Å². The van der Waals surface area contributed by atoms with E-state index in [1.165, 1.54) is 12.1 Å². The molecule has 7 nitrogen and oxygen atoms in total. The number of carboxylic acid groups (broad SMARTS) is 1. The van der Waals surface area contributed by atoms with Crippen LogP contribution in [0.3, 0.4) is 0 Å². The van der Waals surface area contributed by atoms with Crippen molar-refractivity contribution in [2.45, 2.75) is 20.0 Å². The molecular formula is C29H22FNO6. The third-order valence-electron chi connectivity index (χ3n) is 6.11. The lowest BCUT2D eigenvalue weighted by molar-refractivity contribution is -0.136. The molecule has 0 saturated heterocycles. The highest BCUT2D eigenvalue weighted by Gasteiger charge is 2.43. The molecule has 1 heterocycles. The van der Waals surface area contributed by atoms with Gasteiger partial charge in [0.15, 0.2) is 0 Å². The fraction of sp³-hybridized carbons (Fsp3) is 0.138. The standard InChI is InChI=1S/C29H22FNO6/c1-2-36-26-20-10-6-7-11-21(20)27(37-16-17-8-4-3-5-9-17)25-24(26)28(34)31(29(25)35)19-13-12-18(14-23(32)33)22(30)15-19/h3-13,15H,2,14,16H2,1H3,(H,32,33). The smallest absolute Gasteiger partial charge is 0.307 e. The highest BCUT2D eigenvalue weighted by molar-refractivity contribution is 6.38. The van der Waals surface area contributed by atoms with Crippen LogP contribution in [-0.4, -0.2) is 29.5 Å². The number of hydrogen-bond acceptors (Lipinski definition) is 5. The van der Waals surface area contributed by atoms with Crippen LogP contribution in [0.2, 0.25) is 0 Å². The molecule has 0 aromatic heterocycles. The molecule has 1 aliphatic rings. The van der Waals surface area contributed by atoms with Gasteiger partial charge in [0.05, 0.1) is 29.8 Å². The van der Waals surface area contributed by atoms with E-state index in [1.807, 2.05) is 30.3 Å². The molecule has 0 spiro atoms. The third kappa shape index (κ3) is 4.27. The average molecular weight is 499 g/mol. The molecule has 0 saturated carbocycles. The summed E-state index contributed by atoms with van der Waals surface area (Å²) in [5.74, 6) is -2.89. The zero-order valence-electron chi connectivity index (χ0n) is 19.9. The molecule has 186 valence electrons. The Kier molecular flexibility index (Phi) is 6.31. The van der Waals surface area contributed by atoms with Gasteiger partial charge < -0.3 is 14.6 Å². The highest BCUT2D eigenvalue weighted by Crippen LogP contribution is 2.46. The summed E-state index contributed by atoms with van der Waals surface area (Å²) in [4.78, 5) is 39.4. The first-order valence-corrected chi connectivity index (χ1v) is 11.7. The van der Waals surface area contributed by atoms with Crippen molar-refractivity contribution >= 4 is 34.2 Å². The second-order valence-corrected chi connectivity index (χ2v) is 8.45. The van der Waals surface area contributed by atoms with Gasteiger partial charge in [-0.25, -0.2) is 9.29 Å². The summed E-state index contributed by atoms with van der Waals surface area (Å²) in [6, 6.07) is 20.2. The number of carbonyl (C=O) groups excluding carboxylic acids is 2. The number of amides is 2. The number of hydrogen-bond donors (Lipinski definition) is 1. The van der Waals surface area contributed by atoms with E-state index in [1.54, 1.807) is 31.2 Å². The molecule has 0 atom stereocenters. The Balaban J connectivity index is 1.66. The Hall–Kier alpha value is -4.72. The number of anilines is 1. The first-order chi connectivity index (χ1) is 17.9. The van der Waals surface area contributed by atoms with Gasteiger partial charge in [0.1, 0.15) is 23.9 Å². The van der Waals surface area contributed by atoms with Gasteiger partial charge in [0.2, 0.25) is 0 Å². The number of nitrogens with zero attached hydrogens (tertiary/aromatic N) is 1. The molecule has 1 aliphatic heterocycles. The Bertz CT molecular complexity index is 1550. The maximum absolute atomic E-state index is 14.7. The average Bonchev–Trinajstić information content (AvgIpc) is 3.15. The molecule has 0 radical (unpaired) electrons. The molecule has 4 aromatic carbocycles. The van der Waals surface area contributed by atoms with E-state index in [4.69, 9.17) is 14.6 Å². The molecule has 0 fully saturated rings. The zero-order chi connectivity index (χ0) is 26.1.